The standard InChI is InChI=1S/C28H33FN6O3/c1-28(2,17-35-14-12-34(3)13-15-35)33-27(38)25-24(30-18-31-25)26(37)32-22-10-4-19(5-11-22)16-23(36)20-6-8-21(29)9-7-20/h4-11,18H,12-17H2,1-3H3,(H,30,31)(H,32,37)(H,33,38). The summed E-state index contributed by atoms with van der Waals surface area (Å²) in [5, 5.41) is 5.77. The number of nitrogens with one attached hydrogen (secondary N) is 3. The Hall–Kier alpha value is -3.89. The maximum absolute atomic E-state index is 13.1. The minimum Gasteiger partial charge on any atom is -0.345 e. The van der Waals surface area contributed by atoms with Gasteiger partial charge in [0, 0.05) is 55.9 Å². The molecule has 1 aliphatic heterocycles. The fourth-order valence-corrected chi connectivity index (χ4v) is 4.43. The van der Waals surface area contributed by atoms with Crippen molar-refractivity contribution in [2.45, 2.75) is 25.8 Å². The molecule has 1 aromatic heterocycles. The first kappa shape index (κ1) is 27.2. The first-order valence-electron chi connectivity index (χ1n) is 12.6. The number of hydrogen-bond donors (Lipinski definition) is 3. The summed E-state index contributed by atoms with van der Waals surface area (Å²) in [6.07, 6.45) is 1.47. The van der Waals surface area contributed by atoms with Crippen LogP contribution in [0.4, 0.5) is 10.1 Å². The molecule has 2 amide bonds. The Morgan fingerprint density at radius 1 is 0.974 bits per heavy atom. The molecule has 1 saturated heterocycles. The lowest BCUT2D eigenvalue weighted by Crippen LogP contribution is -2.55. The molecule has 0 atom stereocenters. The molecule has 0 bridgehead atoms. The summed E-state index contributed by atoms with van der Waals surface area (Å²) in [7, 11) is 2.10. The smallest absolute Gasteiger partial charge is 0.276 e. The van der Waals surface area contributed by atoms with Gasteiger partial charge in [-0.25, -0.2) is 9.37 Å². The van der Waals surface area contributed by atoms with Gasteiger partial charge in [0.05, 0.1) is 6.33 Å². The van der Waals surface area contributed by atoms with Gasteiger partial charge in [0.2, 0.25) is 0 Å². The van der Waals surface area contributed by atoms with Gasteiger partial charge in [-0.3, -0.25) is 19.3 Å². The summed E-state index contributed by atoms with van der Waals surface area (Å²) in [5.41, 5.74) is 1.26. The van der Waals surface area contributed by atoms with Crippen LogP contribution in [0.1, 0.15) is 50.7 Å². The SMILES string of the molecule is CN1CCN(CC(C)(C)NC(=O)c2[nH]cnc2C(=O)Nc2ccc(CC(=O)c3ccc(F)cc3)cc2)CC1. The molecule has 3 N–H and O–H groups in total. The van der Waals surface area contributed by atoms with E-state index >= 15 is 0 Å². The van der Waals surface area contributed by atoms with Crippen molar-refractivity contribution in [2.24, 2.45) is 0 Å². The molecule has 1 fully saturated rings. The third-order valence-corrected chi connectivity index (χ3v) is 6.49. The van der Waals surface area contributed by atoms with E-state index in [-0.39, 0.29) is 23.6 Å². The maximum Gasteiger partial charge on any atom is 0.276 e. The number of imidazole rings is 1. The van der Waals surface area contributed by atoms with E-state index in [1.807, 2.05) is 13.8 Å². The van der Waals surface area contributed by atoms with E-state index in [9.17, 15) is 18.8 Å². The topological polar surface area (TPSA) is 110 Å². The number of halogens is 1. The molecule has 3 aromatic rings. The summed E-state index contributed by atoms with van der Waals surface area (Å²) < 4.78 is 13.1. The van der Waals surface area contributed by atoms with Gasteiger partial charge in [0.25, 0.3) is 11.8 Å². The number of piperazine rings is 1. The van der Waals surface area contributed by atoms with Crippen molar-refractivity contribution in [3.8, 4) is 0 Å². The Kier molecular flexibility index (Phi) is 8.33. The van der Waals surface area contributed by atoms with Crippen LogP contribution in [-0.2, 0) is 6.42 Å². The number of aromatic nitrogens is 2. The minimum absolute atomic E-state index is 0.00605. The number of Topliss-reactive ketones (excluding diaryl/α,β-unsaturated/α-hetero) is 1. The van der Waals surface area contributed by atoms with Crippen LogP contribution < -0.4 is 10.6 Å². The van der Waals surface area contributed by atoms with Crippen LogP contribution in [0.2, 0.25) is 0 Å². The lowest BCUT2D eigenvalue weighted by molar-refractivity contribution is 0.0839. The van der Waals surface area contributed by atoms with Gasteiger partial charge in [-0.15, -0.1) is 0 Å². The lowest BCUT2D eigenvalue weighted by Gasteiger charge is -2.38. The van der Waals surface area contributed by atoms with E-state index in [1.165, 1.54) is 30.6 Å². The number of hydrogen-bond acceptors (Lipinski definition) is 6. The Morgan fingerprint density at radius 2 is 1.63 bits per heavy atom. The Balaban J connectivity index is 1.34. The molecule has 4 rings (SSSR count). The van der Waals surface area contributed by atoms with Gasteiger partial charge in [0.15, 0.2) is 11.5 Å². The minimum atomic E-state index is -0.525. The summed E-state index contributed by atoms with van der Waals surface area (Å²) in [6, 6.07) is 12.2. The average molecular weight is 521 g/mol. The van der Waals surface area contributed by atoms with Crippen molar-refractivity contribution in [2.75, 3.05) is 45.1 Å². The number of rotatable bonds is 9. The second-order valence-electron chi connectivity index (χ2n) is 10.3. The highest BCUT2D eigenvalue weighted by molar-refractivity contribution is 6.10. The van der Waals surface area contributed by atoms with E-state index < -0.39 is 23.2 Å². The van der Waals surface area contributed by atoms with Crippen LogP contribution in [0.3, 0.4) is 0 Å². The molecule has 38 heavy (non-hydrogen) atoms. The molecule has 9 nitrogen and oxygen atoms in total. The number of H-pyrrole nitrogens is 1. The molecule has 0 radical (unpaired) electrons. The highest BCUT2D eigenvalue weighted by atomic mass is 19.1. The van der Waals surface area contributed by atoms with Gasteiger partial charge in [0.1, 0.15) is 11.5 Å². The largest absolute Gasteiger partial charge is 0.345 e. The number of likely N-dealkylation sites (N-methyl/N-ethyl adjacent to an activating group) is 1. The predicted octanol–water partition coefficient (Wildman–Crippen LogP) is 2.98. The summed E-state index contributed by atoms with van der Waals surface area (Å²) in [5.74, 6) is -1.46. The zero-order valence-corrected chi connectivity index (χ0v) is 21.9. The molecule has 0 saturated carbocycles. The van der Waals surface area contributed by atoms with Gasteiger partial charge < -0.3 is 20.5 Å². The number of carbonyl (C=O) groups excluding carboxylic acids is 3. The number of benzene rings is 2. The number of ketones is 1. The normalized spacial score (nSPS) is 14.7. The second kappa shape index (κ2) is 11.7. The van der Waals surface area contributed by atoms with E-state index in [1.54, 1.807) is 24.3 Å². The van der Waals surface area contributed by atoms with Crippen LogP contribution in [0.25, 0.3) is 0 Å². The molecular weight excluding hydrogens is 487 g/mol. The average Bonchev–Trinajstić information content (AvgIpc) is 3.37. The molecule has 2 heterocycles. The van der Waals surface area contributed by atoms with Crippen molar-refractivity contribution in [3.05, 3.63) is 83.2 Å². The molecule has 2 aromatic carbocycles. The molecular formula is C28H33FN6O3. The van der Waals surface area contributed by atoms with Gasteiger partial charge in [-0.05, 0) is 62.9 Å². The molecule has 0 aliphatic carbocycles. The third kappa shape index (κ3) is 7.11. The van der Waals surface area contributed by atoms with Crippen molar-refractivity contribution in [1.82, 2.24) is 25.1 Å². The first-order valence-corrected chi connectivity index (χ1v) is 12.6. The second-order valence-corrected chi connectivity index (χ2v) is 10.3. The monoisotopic (exact) mass is 520 g/mol. The molecule has 200 valence electrons. The number of aromatic amines is 1. The van der Waals surface area contributed by atoms with Crippen molar-refractivity contribution < 1.29 is 18.8 Å². The van der Waals surface area contributed by atoms with Crippen molar-refractivity contribution in [1.29, 1.82) is 0 Å². The molecule has 10 heteroatoms. The molecule has 1 aliphatic rings. The van der Waals surface area contributed by atoms with E-state index in [4.69, 9.17) is 0 Å². The maximum atomic E-state index is 13.1. The van der Waals surface area contributed by atoms with Crippen molar-refractivity contribution in [3.63, 3.8) is 0 Å². The van der Waals surface area contributed by atoms with Gasteiger partial charge in [-0.1, -0.05) is 12.1 Å². The molecule has 0 spiro atoms. The number of nitrogens with zero attached hydrogens (tertiary/aromatic N) is 3. The fraction of sp³-hybridized carbons (Fsp3) is 0.357. The summed E-state index contributed by atoms with van der Waals surface area (Å²) in [6.45, 7) is 8.46. The highest BCUT2D eigenvalue weighted by Gasteiger charge is 2.29. The van der Waals surface area contributed by atoms with Crippen molar-refractivity contribution >= 4 is 23.3 Å². The van der Waals surface area contributed by atoms with Gasteiger partial charge >= 0.3 is 0 Å². The van der Waals surface area contributed by atoms with Crippen LogP contribution in [0.15, 0.2) is 54.9 Å². The van der Waals surface area contributed by atoms with E-state index in [0.29, 0.717) is 17.8 Å². The zero-order valence-electron chi connectivity index (χ0n) is 21.9. The fourth-order valence-electron chi connectivity index (χ4n) is 4.43. The Morgan fingerprint density at radius 3 is 2.29 bits per heavy atom. The van der Waals surface area contributed by atoms with E-state index in [0.717, 1.165) is 31.7 Å². The van der Waals surface area contributed by atoms with E-state index in [2.05, 4.69) is 37.4 Å². The van der Waals surface area contributed by atoms with Gasteiger partial charge in [-0.2, -0.15) is 0 Å². The zero-order chi connectivity index (χ0) is 27.3. The predicted molar refractivity (Wildman–Crippen MR) is 143 cm³/mol. The quantitative estimate of drug-likeness (QED) is 0.374. The Bertz CT molecular complexity index is 1280. The highest BCUT2D eigenvalue weighted by Crippen LogP contribution is 2.16. The molecule has 0 unspecified atom stereocenters. The number of anilines is 1. The van der Waals surface area contributed by atoms with Crippen LogP contribution >= 0.6 is 0 Å². The van der Waals surface area contributed by atoms with Crippen LogP contribution in [0.5, 0.6) is 0 Å². The number of carbonyl (C=O) groups is 3. The number of amides is 2. The first-order chi connectivity index (χ1) is 18.1. The third-order valence-electron chi connectivity index (χ3n) is 6.49. The Labute approximate surface area is 221 Å². The van der Waals surface area contributed by atoms with Crippen LogP contribution in [-0.4, -0.2) is 82.7 Å². The summed E-state index contributed by atoms with van der Waals surface area (Å²) in [4.78, 5) is 49.8. The summed E-state index contributed by atoms with van der Waals surface area (Å²) >= 11 is 0. The van der Waals surface area contributed by atoms with Crippen LogP contribution in [0, 0.1) is 5.82 Å². The lowest BCUT2D eigenvalue weighted by atomic mass is 10.0.